The normalized spacial score (nSPS) is 10.8. The second-order valence-corrected chi connectivity index (χ2v) is 2.96. The Morgan fingerprint density at radius 3 is 2.62 bits per heavy atom. The number of isocyanates is 2. The van der Waals surface area contributed by atoms with E-state index in [9.17, 15) is 14.4 Å². The van der Waals surface area contributed by atoms with Crippen LogP contribution in [0.2, 0.25) is 0 Å². The van der Waals surface area contributed by atoms with Crippen molar-refractivity contribution in [2.24, 2.45) is 9.98 Å². The number of esters is 1. The molecule has 6 heteroatoms. The average Bonchev–Trinajstić information content (AvgIpc) is 2.27. The Labute approximate surface area is 93.4 Å². The molecule has 88 valence electrons. The van der Waals surface area contributed by atoms with Crippen LogP contribution in [0.5, 0.6) is 0 Å². The first-order valence-corrected chi connectivity index (χ1v) is 5.03. The van der Waals surface area contributed by atoms with Gasteiger partial charge in [-0.2, -0.15) is 4.99 Å². The van der Waals surface area contributed by atoms with Crippen molar-refractivity contribution in [3.63, 3.8) is 0 Å². The van der Waals surface area contributed by atoms with Gasteiger partial charge in [0.05, 0.1) is 13.2 Å². The first kappa shape index (κ1) is 14.2. The van der Waals surface area contributed by atoms with Gasteiger partial charge in [0.2, 0.25) is 12.2 Å². The molecule has 0 amide bonds. The lowest BCUT2D eigenvalue weighted by atomic mass is 10.1. The number of carbonyl (C=O) groups is 1. The molecule has 0 unspecified atom stereocenters. The third-order valence-electron chi connectivity index (χ3n) is 1.83. The lowest BCUT2D eigenvalue weighted by molar-refractivity contribution is -0.144. The van der Waals surface area contributed by atoms with Crippen molar-refractivity contribution >= 4 is 18.1 Å². The van der Waals surface area contributed by atoms with E-state index in [0.29, 0.717) is 25.8 Å². The molecule has 0 aromatic heterocycles. The fourth-order valence-electron chi connectivity index (χ4n) is 1.11. The molecule has 0 rings (SSSR count). The Morgan fingerprint density at radius 2 is 2.06 bits per heavy atom. The third kappa shape index (κ3) is 6.65. The zero-order valence-corrected chi connectivity index (χ0v) is 9.14. The standard InChI is InChI=1S/C10H14N2O4/c1-2-16-10(15)9(12-8-14)5-3-4-6-11-7-13/h9H,2-6H2,1H3/t9-/m0/s1. The van der Waals surface area contributed by atoms with Crippen LogP contribution in [0.4, 0.5) is 0 Å². The highest BCUT2D eigenvalue weighted by molar-refractivity contribution is 5.76. The molecule has 0 saturated heterocycles. The van der Waals surface area contributed by atoms with E-state index in [-0.39, 0.29) is 6.61 Å². The lowest BCUT2D eigenvalue weighted by Crippen LogP contribution is -2.21. The molecule has 1 atom stereocenters. The van der Waals surface area contributed by atoms with E-state index in [1.54, 1.807) is 6.92 Å². The molecule has 6 nitrogen and oxygen atoms in total. The molecule has 16 heavy (non-hydrogen) atoms. The number of nitrogens with zero attached hydrogens (tertiary/aromatic N) is 2. The monoisotopic (exact) mass is 226 g/mol. The Kier molecular flexibility index (Phi) is 8.69. The van der Waals surface area contributed by atoms with Gasteiger partial charge in [0, 0.05) is 0 Å². The molecule has 0 aliphatic rings. The molecule has 0 aromatic carbocycles. The van der Waals surface area contributed by atoms with Crippen molar-refractivity contribution in [1.82, 2.24) is 0 Å². The first-order valence-electron chi connectivity index (χ1n) is 5.03. The fourth-order valence-corrected chi connectivity index (χ4v) is 1.11. The van der Waals surface area contributed by atoms with E-state index in [4.69, 9.17) is 4.74 Å². The number of carbonyl (C=O) groups excluding carboxylic acids is 3. The van der Waals surface area contributed by atoms with Crippen molar-refractivity contribution in [2.45, 2.75) is 32.2 Å². The maximum atomic E-state index is 11.3. The molecule has 0 aliphatic heterocycles. The highest BCUT2D eigenvalue weighted by atomic mass is 16.5. The molecule has 0 aromatic rings. The summed E-state index contributed by atoms with van der Waals surface area (Å²) in [6.45, 7) is 2.29. The SMILES string of the molecule is CCOC(=O)[C@H](CCCCN=C=O)N=C=O. The second kappa shape index (κ2) is 9.77. The van der Waals surface area contributed by atoms with Gasteiger partial charge in [0.25, 0.3) is 0 Å². The van der Waals surface area contributed by atoms with Crippen LogP contribution in [0, 0.1) is 0 Å². The molecule has 0 fully saturated rings. The summed E-state index contributed by atoms with van der Waals surface area (Å²) in [4.78, 5) is 37.9. The summed E-state index contributed by atoms with van der Waals surface area (Å²) >= 11 is 0. The van der Waals surface area contributed by atoms with Gasteiger partial charge in [-0.1, -0.05) is 0 Å². The van der Waals surface area contributed by atoms with Crippen LogP contribution < -0.4 is 0 Å². The number of hydrogen-bond donors (Lipinski definition) is 0. The molecular formula is C10H14N2O4. The van der Waals surface area contributed by atoms with Crippen molar-refractivity contribution in [3.05, 3.63) is 0 Å². The number of unbranched alkanes of at least 4 members (excludes halogenated alkanes) is 1. The topological polar surface area (TPSA) is 85.2 Å². The predicted octanol–water partition coefficient (Wildman–Crippen LogP) is 0.760. The summed E-state index contributed by atoms with van der Waals surface area (Å²) in [6, 6.07) is -0.794. The Balaban J connectivity index is 3.98. The summed E-state index contributed by atoms with van der Waals surface area (Å²) < 4.78 is 4.74. The maximum absolute atomic E-state index is 11.3. The Morgan fingerprint density at radius 1 is 1.31 bits per heavy atom. The van der Waals surface area contributed by atoms with E-state index in [0.717, 1.165) is 0 Å². The highest BCUT2D eigenvalue weighted by Gasteiger charge is 2.17. The van der Waals surface area contributed by atoms with Gasteiger partial charge in [0.1, 0.15) is 0 Å². The van der Waals surface area contributed by atoms with Gasteiger partial charge in [-0.05, 0) is 26.2 Å². The largest absolute Gasteiger partial charge is 0.464 e. The molecular weight excluding hydrogens is 212 g/mol. The van der Waals surface area contributed by atoms with Gasteiger partial charge in [-0.25, -0.2) is 19.4 Å². The van der Waals surface area contributed by atoms with Crippen LogP contribution in [-0.4, -0.2) is 37.3 Å². The van der Waals surface area contributed by atoms with E-state index >= 15 is 0 Å². The van der Waals surface area contributed by atoms with Crippen LogP contribution in [0.25, 0.3) is 0 Å². The summed E-state index contributed by atoms with van der Waals surface area (Å²) in [5.74, 6) is -0.523. The molecule has 0 bridgehead atoms. The van der Waals surface area contributed by atoms with Gasteiger partial charge in [-0.15, -0.1) is 0 Å². The zero-order chi connectivity index (χ0) is 12.2. The number of rotatable bonds is 8. The number of aliphatic imine (C=N–C) groups is 2. The molecule has 0 saturated carbocycles. The van der Waals surface area contributed by atoms with E-state index in [1.807, 2.05) is 0 Å². The molecule has 0 aliphatic carbocycles. The van der Waals surface area contributed by atoms with Gasteiger partial charge >= 0.3 is 5.97 Å². The summed E-state index contributed by atoms with van der Waals surface area (Å²) in [7, 11) is 0. The third-order valence-corrected chi connectivity index (χ3v) is 1.83. The van der Waals surface area contributed by atoms with Crippen molar-refractivity contribution in [3.8, 4) is 0 Å². The van der Waals surface area contributed by atoms with E-state index in [1.165, 1.54) is 12.2 Å². The molecule has 0 spiro atoms. The van der Waals surface area contributed by atoms with Crippen LogP contribution in [0.3, 0.4) is 0 Å². The minimum absolute atomic E-state index is 0.249. The highest BCUT2D eigenvalue weighted by Crippen LogP contribution is 2.06. The van der Waals surface area contributed by atoms with Gasteiger partial charge < -0.3 is 4.74 Å². The molecule has 0 radical (unpaired) electrons. The number of ether oxygens (including phenoxy) is 1. The van der Waals surface area contributed by atoms with Crippen molar-refractivity contribution in [1.29, 1.82) is 0 Å². The number of hydrogen-bond acceptors (Lipinski definition) is 6. The average molecular weight is 226 g/mol. The smallest absolute Gasteiger partial charge is 0.331 e. The minimum atomic E-state index is -0.794. The Bertz CT molecular complexity index is 304. The maximum Gasteiger partial charge on any atom is 0.331 e. The molecule has 0 heterocycles. The van der Waals surface area contributed by atoms with E-state index in [2.05, 4.69) is 9.98 Å². The summed E-state index contributed by atoms with van der Waals surface area (Å²) in [5, 5.41) is 0. The summed E-state index contributed by atoms with van der Waals surface area (Å²) in [5.41, 5.74) is 0. The quantitative estimate of drug-likeness (QED) is 0.264. The van der Waals surface area contributed by atoms with Crippen LogP contribution in [0.1, 0.15) is 26.2 Å². The second-order valence-electron chi connectivity index (χ2n) is 2.96. The van der Waals surface area contributed by atoms with Crippen molar-refractivity contribution in [2.75, 3.05) is 13.2 Å². The van der Waals surface area contributed by atoms with Crippen molar-refractivity contribution < 1.29 is 19.1 Å². The predicted molar refractivity (Wildman–Crippen MR) is 55.4 cm³/mol. The van der Waals surface area contributed by atoms with Crippen LogP contribution in [-0.2, 0) is 19.1 Å². The molecule has 0 N–H and O–H groups in total. The van der Waals surface area contributed by atoms with E-state index < -0.39 is 12.0 Å². The fraction of sp³-hybridized carbons (Fsp3) is 0.700. The van der Waals surface area contributed by atoms with Crippen LogP contribution in [0.15, 0.2) is 9.98 Å². The lowest BCUT2D eigenvalue weighted by Gasteiger charge is -2.08. The first-order chi connectivity index (χ1) is 7.76. The zero-order valence-electron chi connectivity index (χ0n) is 9.14. The van der Waals surface area contributed by atoms with Gasteiger partial charge in [-0.3, -0.25) is 0 Å². The summed E-state index contributed by atoms with van der Waals surface area (Å²) in [6.07, 6.45) is 4.42. The van der Waals surface area contributed by atoms with Gasteiger partial charge in [0.15, 0.2) is 6.04 Å². The minimum Gasteiger partial charge on any atom is -0.464 e. The van der Waals surface area contributed by atoms with Crippen LogP contribution >= 0.6 is 0 Å². The Hall–Kier alpha value is -1.77.